The fraction of sp³-hybridized carbons (Fsp3) is 0.481. The number of rotatable bonds is 8. The molecule has 0 aromatic carbocycles. The van der Waals surface area contributed by atoms with Gasteiger partial charge in [0, 0.05) is 69.6 Å². The van der Waals surface area contributed by atoms with Crippen LogP contribution in [-0.2, 0) is 4.74 Å². The van der Waals surface area contributed by atoms with Crippen LogP contribution in [0.25, 0.3) is 0 Å². The normalized spacial score (nSPS) is 16.8. The fourth-order valence-corrected chi connectivity index (χ4v) is 4.40. The summed E-state index contributed by atoms with van der Waals surface area (Å²) in [5, 5.41) is 3.40. The minimum Gasteiger partial charge on any atom is -0.497 e. The van der Waals surface area contributed by atoms with Crippen LogP contribution < -0.4 is 15.1 Å². The summed E-state index contributed by atoms with van der Waals surface area (Å²) in [6, 6.07) is 1.96. The molecule has 8 nitrogen and oxygen atoms in total. The minimum absolute atomic E-state index is 0.680. The van der Waals surface area contributed by atoms with Crippen molar-refractivity contribution in [1.82, 2.24) is 19.8 Å². The maximum atomic E-state index is 5.33. The van der Waals surface area contributed by atoms with Crippen LogP contribution in [0.2, 0.25) is 0 Å². The highest BCUT2D eigenvalue weighted by molar-refractivity contribution is 9.11. The molecule has 3 heterocycles. The molecule has 2 aliphatic rings. The van der Waals surface area contributed by atoms with Crippen LogP contribution in [0.15, 0.2) is 64.8 Å². The van der Waals surface area contributed by atoms with Crippen LogP contribution in [0.4, 0.5) is 17.6 Å². The lowest BCUT2D eigenvalue weighted by Crippen LogP contribution is -2.38. The number of nitrogens with one attached hydrogen (secondary N) is 1. The number of halogens is 1. The highest BCUT2D eigenvalue weighted by Crippen LogP contribution is 2.24. The van der Waals surface area contributed by atoms with E-state index >= 15 is 0 Å². The topological polar surface area (TPSA) is 60.0 Å². The van der Waals surface area contributed by atoms with Gasteiger partial charge in [-0.25, -0.2) is 0 Å². The minimum atomic E-state index is 0.680. The molecule has 36 heavy (non-hydrogen) atoms. The van der Waals surface area contributed by atoms with E-state index in [4.69, 9.17) is 14.7 Å². The Morgan fingerprint density at radius 1 is 1.14 bits per heavy atom. The molecular weight excluding hydrogens is 518 g/mol. The van der Waals surface area contributed by atoms with Gasteiger partial charge in [0.25, 0.3) is 0 Å². The van der Waals surface area contributed by atoms with Gasteiger partial charge in [0.15, 0.2) is 0 Å². The van der Waals surface area contributed by atoms with Gasteiger partial charge < -0.3 is 29.7 Å². The fourth-order valence-electron chi connectivity index (χ4n) is 3.90. The standard InChI is InChI=1S/C25H36BrN7O.C2H6/c1-7-20(16-21(8-2)34-6)27-22-17-23(30(3)4)29-25(28-22)33-13-9-12-32(14-15-33)24-11-10-19(26)18-31(24)5;1-2/h7-8,10-11,16-17H,2,9,12-15,18H2,1,3-6H3,(H,27,28,29);1-2H3/b20-7+,21-16+;. The highest BCUT2D eigenvalue weighted by Gasteiger charge is 2.22. The molecule has 0 spiro atoms. The van der Waals surface area contributed by atoms with E-state index in [2.05, 4.69) is 61.7 Å². The van der Waals surface area contributed by atoms with E-state index in [-0.39, 0.29) is 0 Å². The van der Waals surface area contributed by atoms with Crippen molar-refractivity contribution in [3.63, 3.8) is 0 Å². The molecule has 0 amide bonds. The molecule has 198 valence electrons. The van der Waals surface area contributed by atoms with Crippen molar-refractivity contribution < 1.29 is 4.74 Å². The first kappa shape index (κ1) is 29.3. The van der Waals surface area contributed by atoms with Crippen molar-refractivity contribution in [3.8, 4) is 0 Å². The third kappa shape index (κ3) is 8.05. The molecule has 1 aromatic rings. The SMILES string of the molecule is C=C/C(=C\C(=C/C)Nc1cc(N(C)C)nc(N2CCCN(C3=CC=C(Br)CN3C)CC2)n1)OC.CC. The number of allylic oxidation sites excluding steroid dienone is 5. The molecule has 0 aliphatic carbocycles. The maximum Gasteiger partial charge on any atom is 0.229 e. The molecule has 0 radical (unpaired) electrons. The number of hydrogen-bond donors (Lipinski definition) is 1. The monoisotopic (exact) mass is 559 g/mol. The molecular formula is C27H42BrN7O. The number of likely N-dealkylation sites (N-methyl/N-ethyl adjacent to an activating group) is 1. The molecule has 0 bridgehead atoms. The summed E-state index contributed by atoms with van der Waals surface area (Å²) in [6.07, 6.45) is 10.9. The van der Waals surface area contributed by atoms with Crippen molar-refractivity contribution in [2.75, 3.05) is 76.1 Å². The van der Waals surface area contributed by atoms with Crippen LogP contribution in [-0.4, -0.2) is 80.7 Å². The Labute approximate surface area is 225 Å². The largest absolute Gasteiger partial charge is 0.497 e. The molecule has 1 N–H and O–H groups in total. The smallest absolute Gasteiger partial charge is 0.229 e. The number of anilines is 3. The van der Waals surface area contributed by atoms with E-state index in [9.17, 15) is 0 Å². The maximum absolute atomic E-state index is 5.33. The predicted molar refractivity (Wildman–Crippen MR) is 157 cm³/mol. The van der Waals surface area contributed by atoms with Gasteiger partial charge in [0.2, 0.25) is 5.95 Å². The molecule has 0 atom stereocenters. The second-order valence-electron chi connectivity index (χ2n) is 8.45. The van der Waals surface area contributed by atoms with Crippen molar-refractivity contribution in [2.24, 2.45) is 0 Å². The Kier molecular flexibility index (Phi) is 11.9. The lowest BCUT2D eigenvalue weighted by Gasteiger charge is -2.34. The molecule has 1 saturated heterocycles. The summed E-state index contributed by atoms with van der Waals surface area (Å²) in [5.74, 6) is 4.27. The lowest BCUT2D eigenvalue weighted by molar-refractivity contribution is 0.254. The van der Waals surface area contributed by atoms with Crippen molar-refractivity contribution in [2.45, 2.75) is 27.2 Å². The average molecular weight is 561 g/mol. The summed E-state index contributed by atoms with van der Waals surface area (Å²) >= 11 is 3.61. The Hall–Kier alpha value is -2.94. The Morgan fingerprint density at radius 2 is 1.83 bits per heavy atom. The van der Waals surface area contributed by atoms with Gasteiger partial charge in [-0.05, 0) is 31.6 Å². The molecule has 2 aliphatic heterocycles. The summed E-state index contributed by atoms with van der Waals surface area (Å²) in [4.78, 5) is 18.7. The lowest BCUT2D eigenvalue weighted by atomic mass is 10.3. The van der Waals surface area contributed by atoms with Gasteiger partial charge in [-0.1, -0.05) is 42.4 Å². The zero-order chi connectivity index (χ0) is 26.7. The second kappa shape index (κ2) is 14.6. The zero-order valence-corrected chi connectivity index (χ0v) is 24.5. The highest BCUT2D eigenvalue weighted by atomic mass is 79.9. The Bertz CT molecular complexity index is 1000. The molecule has 0 unspecified atom stereocenters. The van der Waals surface area contributed by atoms with Crippen LogP contribution in [0.3, 0.4) is 0 Å². The Balaban J connectivity index is 0.00000222. The van der Waals surface area contributed by atoms with Crippen LogP contribution in [0.1, 0.15) is 27.2 Å². The zero-order valence-electron chi connectivity index (χ0n) is 22.9. The van der Waals surface area contributed by atoms with E-state index in [1.165, 1.54) is 10.3 Å². The molecule has 1 aromatic heterocycles. The van der Waals surface area contributed by atoms with Gasteiger partial charge in [-0.2, -0.15) is 9.97 Å². The summed E-state index contributed by atoms with van der Waals surface area (Å²) in [7, 11) is 7.76. The number of ether oxygens (including phenoxy) is 1. The van der Waals surface area contributed by atoms with Crippen molar-refractivity contribution >= 4 is 33.5 Å². The van der Waals surface area contributed by atoms with Gasteiger partial charge >= 0.3 is 0 Å². The number of hydrogen-bond acceptors (Lipinski definition) is 8. The van der Waals surface area contributed by atoms with E-state index in [0.717, 1.165) is 62.4 Å². The first-order valence-electron chi connectivity index (χ1n) is 12.5. The molecule has 9 heteroatoms. The van der Waals surface area contributed by atoms with Gasteiger partial charge in [0.1, 0.15) is 23.2 Å². The van der Waals surface area contributed by atoms with E-state index in [0.29, 0.717) is 5.76 Å². The third-order valence-electron chi connectivity index (χ3n) is 5.77. The number of nitrogens with zero attached hydrogens (tertiary/aromatic N) is 6. The summed E-state index contributed by atoms with van der Waals surface area (Å²) in [5.41, 5.74) is 0.875. The summed E-state index contributed by atoms with van der Waals surface area (Å²) < 4.78 is 6.53. The second-order valence-corrected chi connectivity index (χ2v) is 9.47. The number of methoxy groups -OCH3 is 1. The predicted octanol–water partition coefficient (Wildman–Crippen LogP) is 5.18. The molecule has 0 saturated carbocycles. The van der Waals surface area contributed by atoms with E-state index in [1.54, 1.807) is 13.2 Å². The van der Waals surface area contributed by atoms with E-state index in [1.807, 2.05) is 58.0 Å². The van der Waals surface area contributed by atoms with Gasteiger partial charge in [-0.15, -0.1) is 0 Å². The van der Waals surface area contributed by atoms with Crippen LogP contribution in [0.5, 0.6) is 0 Å². The quantitative estimate of drug-likeness (QED) is 0.345. The number of aromatic nitrogens is 2. The van der Waals surface area contributed by atoms with E-state index < -0.39 is 0 Å². The van der Waals surface area contributed by atoms with Crippen LogP contribution >= 0.6 is 15.9 Å². The average Bonchev–Trinajstić information content (AvgIpc) is 3.14. The van der Waals surface area contributed by atoms with Crippen molar-refractivity contribution in [3.05, 3.63) is 64.8 Å². The van der Waals surface area contributed by atoms with Crippen molar-refractivity contribution in [1.29, 1.82) is 0 Å². The first-order valence-corrected chi connectivity index (χ1v) is 13.3. The molecule has 1 fully saturated rings. The summed E-state index contributed by atoms with van der Waals surface area (Å²) in [6.45, 7) is 14.3. The van der Waals surface area contributed by atoms with Gasteiger partial charge in [-0.3, -0.25) is 0 Å². The Morgan fingerprint density at radius 3 is 2.44 bits per heavy atom. The molecule has 3 rings (SSSR count). The third-order valence-corrected chi connectivity index (χ3v) is 6.29. The van der Waals surface area contributed by atoms with Gasteiger partial charge in [0.05, 0.1) is 13.7 Å². The van der Waals surface area contributed by atoms with Crippen LogP contribution in [0, 0.1) is 0 Å². The first-order chi connectivity index (χ1) is 17.3.